The van der Waals surface area contributed by atoms with Gasteiger partial charge in [0.15, 0.2) is 5.58 Å². The predicted octanol–water partition coefficient (Wildman–Crippen LogP) is 18.9. The first kappa shape index (κ1) is 42.3. The molecule has 0 atom stereocenters. The number of H-pyrrole nitrogens is 4. The smallest absolute Gasteiger partial charge is 0.160 e. The topological polar surface area (TPSA) is 76.3 Å². The van der Waals surface area contributed by atoms with Crippen LogP contribution < -0.4 is 0 Å². The number of allylic oxidation sites excluding steroid dienone is 2. The van der Waals surface area contributed by atoms with Crippen molar-refractivity contribution in [3.05, 3.63) is 190 Å². The fourth-order valence-corrected chi connectivity index (χ4v) is 13.0. The summed E-state index contributed by atoms with van der Waals surface area (Å²) in [5.41, 5.74) is 26.0. The molecule has 5 aromatic heterocycles. The van der Waals surface area contributed by atoms with Crippen LogP contribution >= 0.6 is 0 Å². The highest BCUT2D eigenvalue weighted by Crippen LogP contribution is 2.49. The average Bonchev–Trinajstić information content (AvgIpc) is 4.24. The summed E-state index contributed by atoms with van der Waals surface area (Å²) in [7, 11) is 0. The molecule has 0 bridgehead atoms. The van der Waals surface area contributed by atoms with Gasteiger partial charge in [-0.05, 0) is 139 Å². The molecule has 0 amide bonds. The molecule has 0 radical (unpaired) electrons. The highest BCUT2D eigenvalue weighted by Gasteiger charge is 2.27. The lowest BCUT2D eigenvalue weighted by atomic mass is 9.84. The number of aryl methyl sites for hydroxylation is 5. The second kappa shape index (κ2) is 16.0. The van der Waals surface area contributed by atoms with Crippen molar-refractivity contribution in [2.75, 3.05) is 0 Å². The lowest BCUT2D eigenvalue weighted by Crippen LogP contribution is -1.96. The van der Waals surface area contributed by atoms with Gasteiger partial charge < -0.3 is 24.4 Å². The van der Waals surface area contributed by atoms with Crippen molar-refractivity contribution in [1.82, 2.24) is 19.9 Å². The molecule has 0 saturated heterocycles. The lowest BCUT2D eigenvalue weighted by molar-refractivity contribution is 0.671. The quantitative estimate of drug-likeness (QED) is 0.139. The summed E-state index contributed by atoms with van der Waals surface area (Å²) < 4.78 is 6.60. The maximum Gasteiger partial charge on any atom is 0.160 e. The molecule has 15 rings (SSSR count). The minimum absolute atomic E-state index is 0.938. The van der Waals surface area contributed by atoms with E-state index in [4.69, 9.17) is 4.42 Å². The average molecular weight is 931 g/mol. The maximum absolute atomic E-state index is 6.60. The SMILES string of the molecule is C/C=C\c1c(CC)c2ccccc2c2[nH]c3ccc4c5ccc6[nH]c7ccccc7c6c5[nH]c4c3c12.Cc1ccccc1-c1c(C)ccc(-c2c(C)c3c4c([nH]c3c3oc5ccccc5c23)CCC=C4)c1C. The van der Waals surface area contributed by atoms with Crippen molar-refractivity contribution < 1.29 is 4.42 Å². The first-order chi connectivity index (χ1) is 35.3. The first-order valence-electron chi connectivity index (χ1n) is 25.6. The highest BCUT2D eigenvalue weighted by atomic mass is 16.3. The number of para-hydroxylation sites is 2. The van der Waals surface area contributed by atoms with Crippen LogP contribution in [0.25, 0.3) is 143 Å². The van der Waals surface area contributed by atoms with Crippen LogP contribution in [0.15, 0.2) is 150 Å². The molecule has 4 N–H and O–H groups in total. The summed E-state index contributed by atoms with van der Waals surface area (Å²) in [6, 6.07) is 48.2. The third kappa shape index (κ3) is 5.94. The van der Waals surface area contributed by atoms with Crippen molar-refractivity contribution in [3.8, 4) is 22.3 Å². The Morgan fingerprint density at radius 1 is 0.500 bits per heavy atom. The highest BCUT2D eigenvalue weighted by molar-refractivity contribution is 6.32. The van der Waals surface area contributed by atoms with E-state index in [2.05, 4.69) is 219 Å². The van der Waals surface area contributed by atoms with E-state index in [1.54, 1.807) is 0 Å². The van der Waals surface area contributed by atoms with E-state index in [0.717, 1.165) is 35.9 Å². The molecular formula is C67H54N4O. The van der Waals surface area contributed by atoms with Crippen LogP contribution in [0.5, 0.6) is 0 Å². The summed E-state index contributed by atoms with van der Waals surface area (Å²) in [5.74, 6) is 0. The largest absolute Gasteiger partial charge is 0.454 e. The number of rotatable bonds is 4. The Balaban J connectivity index is 0.000000134. The van der Waals surface area contributed by atoms with Gasteiger partial charge in [-0.25, -0.2) is 0 Å². The normalized spacial score (nSPS) is 13.0. The summed E-state index contributed by atoms with van der Waals surface area (Å²) in [4.78, 5) is 15.1. The van der Waals surface area contributed by atoms with Gasteiger partial charge in [0.2, 0.25) is 0 Å². The van der Waals surface area contributed by atoms with Gasteiger partial charge in [-0.1, -0.05) is 140 Å². The monoisotopic (exact) mass is 930 g/mol. The Hall–Kier alpha value is -8.54. The molecule has 9 aromatic carbocycles. The fourth-order valence-electron chi connectivity index (χ4n) is 13.0. The van der Waals surface area contributed by atoms with Crippen molar-refractivity contribution in [3.63, 3.8) is 0 Å². The molecule has 1 aliphatic rings. The number of hydrogen-bond acceptors (Lipinski definition) is 1. The van der Waals surface area contributed by atoms with E-state index in [1.165, 1.54) is 159 Å². The maximum atomic E-state index is 6.60. The van der Waals surface area contributed by atoms with E-state index in [1.807, 2.05) is 0 Å². The Morgan fingerprint density at radius 3 is 1.97 bits per heavy atom. The minimum atomic E-state index is 0.938. The summed E-state index contributed by atoms with van der Waals surface area (Å²) in [5, 5.41) is 13.9. The van der Waals surface area contributed by atoms with Crippen LogP contribution in [0.2, 0.25) is 0 Å². The van der Waals surface area contributed by atoms with Crippen molar-refractivity contribution in [1.29, 1.82) is 0 Å². The predicted molar refractivity (Wildman–Crippen MR) is 309 cm³/mol. The Labute approximate surface area is 416 Å². The standard InChI is InChI=1S/C34H29NO.C33H25N3/c1-19-11-5-6-12-23(19)29-20(2)17-18-24(21(29)3)30-22(4)31-25-13-7-9-15-27(25)35-33(31)34-32(30)26-14-8-10-16-28(26)36-34;1-3-9-20-18(4-2)19-10-5-6-11-21(19)32-29(20)30-27(35-32)17-15-23-22-14-16-26-28(31(22)36-33(23)30)24-12-7-8-13-25(24)34-26/h5-8,10-14,16-18,35H,9,15H2,1-4H3;3,5-17,34-36H,4H2,1-2H3/b;9-3-. The van der Waals surface area contributed by atoms with Crippen LogP contribution in [0.4, 0.5) is 0 Å². The number of furan rings is 1. The Morgan fingerprint density at radius 2 is 1.18 bits per heavy atom. The molecule has 0 aliphatic heterocycles. The summed E-state index contributed by atoms with van der Waals surface area (Å²) >= 11 is 0. The van der Waals surface area contributed by atoms with Gasteiger partial charge in [0.05, 0.1) is 22.1 Å². The van der Waals surface area contributed by atoms with Gasteiger partial charge in [0.1, 0.15) is 5.58 Å². The molecular weight excluding hydrogens is 877 g/mol. The number of aromatic amines is 4. The van der Waals surface area contributed by atoms with Gasteiger partial charge in [-0.3, -0.25) is 0 Å². The molecule has 72 heavy (non-hydrogen) atoms. The van der Waals surface area contributed by atoms with Crippen molar-refractivity contribution in [2.24, 2.45) is 0 Å². The van der Waals surface area contributed by atoms with Crippen molar-refractivity contribution >= 4 is 121 Å². The van der Waals surface area contributed by atoms with Gasteiger partial charge >= 0.3 is 0 Å². The number of aromatic nitrogens is 4. The van der Waals surface area contributed by atoms with E-state index in [0.29, 0.717) is 0 Å². The van der Waals surface area contributed by atoms with Gasteiger partial charge in [0, 0.05) is 81.7 Å². The summed E-state index contributed by atoms with van der Waals surface area (Å²) in [6.45, 7) is 13.4. The summed E-state index contributed by atoms with van der Waals surface area (Å²) in [6.07, 6.45) is 12.2. The molecule has 5 nitrogen and oxygen atoms in total. The second-order valence-corrected chi connectivity index (χ2v) is 20.0. The molecule has 0 saturated carbocycles. The van der Waals surface area contributed by atoms with E-state index in [-0.39, 0.29) is 0 Å². The Bertz CT molecular complexity index is 4670. The molecule has 5 heteroatoms. The Kier molecular flexibility index (Phi) is 9.41. The second-order valence-electron chi connectivity index (χ2n) is 20.0. The van der Waals surface area contributed by atoms with E-state index < -0.39 is 0 Å². The van der Waals surface area contributed by atoms with Gasteiger partial charge in [-0.15, -0.1) is 0 Å². The molecule has 348 valence electrons. The van der Waals surface area contributed by atoms with Crippen LogP contribution in [0.1, 0.15) is 64.9 Å². The third-order valence-electron chi connectivity index (χ3n) is 16.1. The molecule has 0 fully saturated rings. The molecule has 0 spiro atoms. The number of hydrogen-bond donors (Lipinski definition) is 4. The van der Waals surface area contributed by atoms with E-state index in [9.17, 15) is 0 Å². The van der Waals surface area contributed by atoms with Crippen molar-refractivity contribution in [2.45, 2.75) is 60.8 Å². The molecule has 5 heterocycles. The van der Waals surface area contributed by atoms with E-state index >= 15 is 0 Å². The molecule has 1 aliphatic carbocycles. The molecule has 14 aromatic rings. The van der Waals surface area contributed by atoms with Crippen LogP contribution in [0.3, 0.4) is 0 Å². The number of benzene rings is 9. The molecule has 0 unspecified atom stereocenters. The zero-order valence-electron chi connectivity index (χ0n) is 41.5. The zero-order chi connectivity index (χ0) is 48.5. The van der Waals surface area contributed by atoms with Crippen LogP contribution in [0, 0.1) is 27.7 Å². The van der Waals surface area contributed by atoms with Crippen LogP contribution in [-0.4, -0.2) is 19.9 Å². The minimum Gasteiger partial charge on any atom is -0.454 e. The zero-order valence-corrected chi connectivity index (χ0v) is 41.5. The number of fused-ring (bicyclic) bond motifs is 20. The van der Waals surface area contributed by atoms with Gasteiger partial charge in [0.25, 0.3) is 0 Å². The van der Waals surface area contributed by atoms with Crippen LogP contribution in [-0.2, 0) is 12.8 Å². The lowest BCUT2D eigenvalue weighted by Gasteiger charge is -2.19. The first-order valence-corrected chi connectivity index (χ1v) is 25.6. The third-order valence-corrected chi connectivity index (χ3v) is 16.1. The fraction of sp³-hybridized carbons (Fsp3) is 0.134. The number of nitrogens with one attached hydrogen (secondary N) is 4. The van der Waals surface area contributed by atoms with Gasteiger partial charge in [-0.2, -0.15) is 0 Å².